The summed E-state index contributed by atoms with van der Waals surface area (Å²) >= 11 is 0. The maximum atomic E-state index is 9.87. The number of hydrogen-bond donors (Lipinski definition) is 3. The third kappa shape index (κ3) is 25.5. The molecule has 0 amide bonds. The Morgan fingerprint density at radius 1 is 0.824 bits per heavy atom. The van der Waals surface area contributed by atoms with Crippen molar-refractivity contribution in [3.8, 4) is 0 Å². The Morgan fingerprint density at radius 2 is 1.24 bits per heavy atom. The molecule has 0 aliphatic carbocycles. The highest BCUT2D eigenvalue weighted by Gasteiger charge is 1.87. The highest BCUT2D eigenvalue weighted by molar-refractivity contribution is 5.65. The van der Waals surface area contributed by atoms with E-state index in [2.05, 4.69) is 4.74 Å². The fraction of sp³-hybridized carbons (Fsp3) is 0.900. The van der Waals surface area contributed by atoms with Crippen LogP contribution in [0.4, 0.5) is 0 Å². The zero-order chi connectivity index (χ0) is 13.4. The molecule has 0 rings (SSSR count). The highest BCUT2D eigenvalue weighted by Crippen LogP contribution is 1.76. The second-order valence-corrected chi connectivity index (χ2v) is 2.74. The quantitative estimate of drug-likeness (QED) is 0.341. The summed E-state index contributed by atoms with van der Waals surface area (Å²) in [6.45, 7) is 3.04. The molecule has 3 N–H and O–H groups in total. The molecule has 104 valence electrons. The lowest BCUT2D eigenvalue weighted by atomic mass is 10.7. The third-order valence-corrected chi connectivity index (χ3v) is 1.24. The van der Waals surface area contributed by atoms with Crippen molar-refractivity contribution < 1.29 is 34.3 Å². The molecule has 0 aromatic carbocycles. The first-order chi connectivity index (χ1) is 8.18. The summed E-state index contributed by atoms with van der Waals surface area (Å²) in [5, 5.41) is 24.6. The van der Waals surface area contributed by atoms with Gasteiger partial charge in [-0.25, -0.2) is 0 Å². The molecule has 0 fully saturated rings. The molecule has 0 bridgehead atoms. The van der Waals surface area contributed by atoms with E-state index in [0.29, 0.717) is 26.4 Å². The molecular formula is C10H22O7. The first-order valence-corrected chi connectivity index (χ1v) is 5.30. The summed E-state index contributed by atoms with van der Waals surface area (Å²) in [6.07, 6.45) is 0. The van der Waals surface area contributed by atoms with Crippen LogP contribution in [0, 0.1) is 0 Å². The smallest absolute Gasteiger partial charge is 0.302 e. The summed E-state index contributed by atoms with van der Waals surface area (Å²) in [4.78, 5) is 9.87. The number of carbonyl (C=O) groups excluding carboxylic acids is 1. The van der Waals surface area contributed by atoms with E-state index in [4.69, 9.17) is 24.8 Å². The number of esters is 1. The average molecular weight is 254 g/mol. The fourth-order valence-electron chi connectivity index (χ4n) is 0.640. The molecule has 7 nitrogen and oxygen atoms in total. The van der Waals surface area contributed by atoms with Gasteiger partial charge >= 0.3 is 5.97 Å². The van der Waals surface area contributed by atoms with E-state index in [-0.39, 0.29) is 32.4 Å². The van der Waals surface area contributed by atoms with Gasteiger partial charge in [0.05, 0.1) is 46.2 Å². The summed E-state index contributed by atoms with van der Waals surface area (Å²) in [6, 6.07) is 0. The van der Waals surface area contributed by atoms with Gasteiger partial charge in [-0.05, 0) is 0 Å². The summed E-state index contributed by atoms with van der Waals surface area (Å²) in [5.74, 6) is -0.353. The molecule has 0 spiro atoms. The van der Waals surface area contributed by atoms with Gasteiger partial charge in [0.1, 0.15) is 6.61 Å². The molecule has 0 aromatic heterocycles. The number of rotatable bonds is 9. The van der Waals surface area contributed by atoms with Crippen LogP contribution in [0.25, 0.3) is 0 Å². The van der Waals surface area contributed by atoms with Crippen molar-refractivity contribution in [3.05, 3.63) is 0 Å². The van der Waals surface area contributed by atoms with Gasteiger partial charge in [0.15, 0.2) is 0 Å². The van der Waals surface area contributed by atoms with Crippen LogP contribution < -0.4 is 0 Å². The maximum Gasteiger partial charge on any atom is 0.302 e. The van der Waals surface area contributed by atoms with Crippen molar-refractivity contribution in [2.24, 2.45) is 0 Å². The van der Waals surface area contributed by atoms with Gasteiger partial charge in [0, 0.05) is 6.92 Å². The van der Waals surface area contributed by atoms with Crippen molar-refractivity contribution in [2.45, 2.75) is 6.92 Å². The molecule has 7 heteroatoms. The minimum absolute atomic E-state index is 0.0417. The normalized spacial score (nSPS) is 9.41. The summed E-state index contributed by atoms with van der Waals surface area (Å²) in [5.41, 5.74) is 0. The van der Waals surface area contributed by atoms with Crippen LogP contribution in [-0.4, -0.2) is 74.1 Å². The Kier molecular flexibility index (Phi) is 19.4. The monoisotopic (exact) mass is 254 g/mol. The molecule has 0 radical (unpaired) electrons. The molecular weight excluding hydrogens is 232 g/mol. The predicted octanol–water partition coefficient (Wildman–Crippen LogP) is -1.45. The zero-order valence-electron chi connectivity index (χ0n) is 10.1. The molecule has 0 heterocycles. The minimum Gasteiger partial charge on any atom is -0.463 e. The van der Waals surface area contributed by atoms with Crippen LogP contribution in [-0.2, 0) is 19.0 Å². The van der Waals surface area contributed by atoms with Crippen molar-refractivity contribution in [1.29, 1.82) is 0 Å². The number of hydrogen-bond acceptors (Lipinski definition) is 7. The second kappa shape index (κ2) is 17.7. The number of ether oxygens (including phenoxy) is 3. The Bertz CT molecular complexity index is 144. The zero-order valence-corrected chi connectivity index (χ0v) is 10.1. The second-order valence-electron chi connectivity index (χ2n) is 2.74. The maximum absolute atomic E-state index is 9.87. The Labute approximate surface area is 101 Å². The van der Waals surface area contributed by atoms with Crippen LogP contribution in [0.5, 0.6) is 0 Å². The van der Waals surface area contributed by atoms with Crippen LogP contribution in [0.2, 0.25) is 0 Å². The Balaban J connectivity index is 0. The van der Waals surface area contributed by atoms with Gasteiger partial charge in [-0.15, -0.1) is 0 Å². The van der Waals surface area contributed by atoms with Crippen molar-refractivity contribution in [1.82, 2.24) is 0 Å². The van der Waals surface area contributed by atoms with Gasteiger partial charge in [-0.3, -0.25) is 4.79 Å². The molecule has 0 saturated heterocycles. The van der Waals surface area contributed by atoms with Crippen molar-refractivity contribution >= 4 is 5.97 Å². The lowest BCUT2D eigenvalue weighted by Crippen LogP contribution is -2.09. The van der Waals surface area contributed by atoms with E-state index in [1.54, 1.807) is 0 Å². The Morgan fingerprint density at radius 3 is 1.47 bits per heavy atom. The largest absolute Gasteiger partial charge is 0.463 e. The number of aliphatic hydroxyl groups excluding tert-OH is 3. The van der Waals surface area contributed by atoms with Gasteiger partial charge in [0.25, 0.3) is 0 Å². The van der Waals surface area contributed by atoms with Crippen LogP contribution in [0.15, 0.2) is 0 Å². The van der Waals surface area contributed by atoms with Gasteiger partial charge < -0.3 is 29.5 Å². The lowest BCUT2D eigenvalue weighted by molar-refractivity contribution is -0.141. The van der Waals surface area contributed by atoms with E-state index in [0.717, 1.165) is 0 Å². The van der Waals surface area contributed by atoms with Gasteiger partial charge in [0.2, 0.25) is 0 Å². The number of carbonyl (C=O) groups is 1. The van der Waals surface area contributed by atoms with E-state index < -0.39 is 0 Å². The lowest BCUT2D eigenvalue weighted by Gasteiger charge is -2.01. The minimum atomic E-state index is -0.353. The van der Waals surface area contributed by atoms with Crippen molar-refractivity contribution in [3.63, 3.8) is 0 Å². The topological polar surface area (TPSA) is 105 Å². The SMILES string of the molecule is CC(=O)OCCO.OCCOCCOCCO. The summed E-state index contributed by atoms with van der Waals surface area (Å²) in [7, 11) is 0. The number of aliphatic hydroxyl groups is 3. The van der Waals surface area contributed by atoms with Crippen LogP contribution >= 0.6 is 0 Å². The standard InChI is InChI=1S/C6H14O4.C4H8O3/c7-1-3-9-5-6-10-4-2-8;1-4(6)7-3-2-5/h7-8H,1-6H2;5H,2-3H2,1H3. The highest BCUT2D eigenvalue weighted by atomic mass is 16.5. The summed E-state index contributed by atoms with van der Waals surface area (Å²) < 4.78 is 14.0. The first kappa shape index (κ1) is 18.6. The molecule has 0 atom stereocenters. The fourth-order valence-corrected chi connectivity index (χ4v) is 0.640. The predicted molar refractivity (Wildman–Crippen MR) is 59.5 cm³/mol. The molecule has 0 aromatic rings. The Hall–Kier alpha value is -0.730. The van der Waals surface area contributed by atoms with Gasteiger partial charge in [-0.1, -0.05) is 0 Å². The third-order valence-electron chi connectivity index (χ3n) is 1.24. The van der Waals surface area contributed by atoms with Gasteiger partial charge in [-0.2, -0.15) is 0 Å². The average Bonchev–Trinajstić information content (AvgIpc) is 2.32. The van der Waals surface area contributed by atoms with Crippen LogP contribution in [0.3, 0.4) is 0 Å². The van der Waals surface area contributed by atoms with E-state index in [1.165, 1.54) is 6.92 Å². The molecule has 17 heavy (non-hydrogen) atoms. The van der Waals surface area contributed by atoms with E-state index in [1.807, 2.05) is 0 Å². The molecule has 0 unspecified atom stereocenters. The van der Waals surface area contributed by atoms with Crippen LogP contribution in [0.1, 0.15) is 6.92 Å². The molecule has 0 aliphatic heterocycles. The van der Waals surface area contributed by atoms with Crippen molar-refractivity contribution in [2.75, 3.05) is 52.9 Å². The molecule has 0 saturated carbocycles. The van der Waals surface area contributed by atoms with E-state index in [9.17, 15) is 4.79 Å². The molecule has 0 aliphatic rings. The first-order valence-electron chi connectivity index (χ1n) is 5.30. The van der Waals surface area contributed by atoms with E-state index >= 15 is 0 Å².